The first-order chi connectivity index (χ1) is 12.7. The summed E-state index contributed by atoms with van der Waals surface area (Å²) in [6.45, 7) is -0.0720. The molecule has 0 aliphatic carbocycles. The summed E-state index contributed by atoms with van der Waals surface area (Å²) in [7, 11) is 1.60. The Morgan fingerprint density at radius 1 is 1.04 bits per heavy atom. The van der Waals surface area contributed by atoms with Crippen molar-refractivity contribution in [2.24, 2.45) is 0 Å². The van der Waals surface area contributed by atoms with Gasteiger partial charge in [-0.3, -0.25) is 4.79 Å². The molecule has 1 aromatic heterocycles. The fourth-order valence-corrected chi connectivity index (χ4v) is 2.75. The Bertz CT molecular complexity index is 922. The Balaban J connectivity index is 1.56. The second-order valence-corrected chi connectivity index (χ2v) is 6.27. The van der Waals surface area contributed by atoms with Gasteiger partial charge in [0.15, 0.2) is 6.61 Å². The molecule has 1 N–H and O–H groups in total. The summed E-state index contributed by atoms with van der Waals surface area (Å²) in [6, 6.07) is 18.4. The van der Waals surface area contributed by atoms with Crippen LogP contribution in [0.5, 0.6) is 11.5 Å². The number of nitrogens with one attached hydrogen (secondary N) is 1. The average Bonchev–Trinajstić information content (AvgIpc) is 3.19. The van der Waals surface area contributed by atoms with Crippen molar-refractivity contribution in [3.63, 3.8) is 0 Å². The van der Waals surface area contributed by atoms with Gasteiger partial charge < -0.3 is 14.8 Å². The highest BCUT2D eigenvalue weighted by Crippen LogP contribution is 2.17. The zero-order chi connectivity index (χ0) is 18.2. The highest BCUT2D eigenvalue weighted by atomic mass is 32.1. The third kappa shape index (κ3) is 5.13. The van der Waals surface area contributed by atoms with Crippen molar-refractivity contribution in [1.82, 2.24) is 0 Å². The van der Waals surface area contributed by atoms with Crippen LogP contribution in [0.4, 0.5) is 5.69 Å². The number of benzene rings is 2. The van der Waals surface area contributed by atoms with Gasteiger partial charge in [0.25, 0.3) is 5.91 Å². The summed E-state index contributed by atoms with van der Waals surface area (Å²) in [4.78, 5) is 13.1. The lowest BCUT2D eigenvalue weighted by Crippen LogP contribution is -2.20. The van der Waals surface area contributed by atoms with Crippen LogP contribution in [-0.2, 0) is 4.79 Å². The van der Waals surface area contributed by atoms with Crippen LogP contribution in [0.2, 0.25) is 0 Å². The minimum absolute atomic E-state index is 0.0720. The maximum absolute atomic E-state index is 12.1. The van der Waals surface area contributed by atoms with E-state index in [1.54, 1.807) is 42.7 Å². The van der Waals surface area contributed by atoms with Gasteiger partial charge in [-0.2, -0.15) is 0 Å². The molecule has 0 spiro atoms. The largest absolute Gasteiger partial charge is 0.497 e. The number of hydrogen-bond acceptors (Lipinski definition) is 4. The van der Waals surface area contributed by atoms with Crippen LogP contribution in [0.15, 0.2) is 66.0 Å². The number of thiophene rings is 1. The number of rotatable bonds is 5. The number of carbonyl (C=O) groups is 1. The van der Waals surface area contributed by atoms with Crippen molar-refractivity contribution in [2.45, 2.75) is 0 Å². The van der Waals surface area contributed by atoms with Crippen molar-refractivity contribution in [3.8, 4) is 23.3 Å². The number of hydrogen-bond donors (Lipinski definition) is 1. The van der Waals surface area contributed by atoms with E-state index < -0.39 is 0 Å². The van der Waals surface area contributed by atoms with Gasteiger partial charge in [-0.1, -0.05) is 24.0 Å². The lowest BCUT2D eigenvalue weighted by atomic mass is 10.2. The zero-order valence-corrected chi connectivity index (χ0v) is 15.0. The molecule has 0 saturated carbocycles. The molecule has 5 heteroatoms. The summed E-state index contributed by atoms with van der Waals surface area (Å²) >= 11 is 1.60. The van der Waals surface area contributed by atoms with E-state index in [9.17, 15) is 4.79 Å². The number of carbonyl (C=O) groups excluding carboxylic acids is 1. The first kappa shape index (κ1) is 17.6. The number of methoxy groups -OCH3 is 1. The third-order valence-electron chi connectivity index (χ3n) is 3.43. The van der Waals surface area contributed by atoms with Gasteiger partial charge in [-0.25, -0.2) is 0 Å². The highest BCUT2D eigenvalue weighted by molar-refractivity contribution is 7.10. The van der Waals surface area contributed by atoms with Gasteiger partial charge in [-0.05, 0) is 53.9 Å². The molecule has 26 heavy (non-hydrogen) atoms. The molecule has 0 unspecified atom stereocenters. The van der Waals surface area contributed by atoms with E-state index in [4.69, 9.17) is 9.47 Å². The number of anilines is 1. The maximum atomic E-state index is 12.1. The topological polar surface area (TPSA) is 47.6 Å². The van der Waals surface area contributed by atoms with Crippen LogP contribution in [0.1, 0.15) is 10.4 Å². The first-order valence-electron chi connectivity index (χ1n) is 7.95. The summed E-state index contributed by atoms with van der Waals surface area (Å²) in [5, 5.41) is 4.80. The van der Waals surface area contributed by atoms with Gasteiger partial charge in [-0.15, -0.1) is 11.3 Å². The van der Waals surface area contributed by atoms with E-state index in [1.165, 1.54) is 0 Å². The monoisotopic (exact) mass is 363 g/mol. The third-order valence-corrected chi connectivity index (χ3v) is 4.21. The van der Waals surface area contributed by atoms with Gasteiger partial charge in [0.2, 0.25) is 0 Å². The van der Waals surface area contributed by atoms with Crippen LogP contribution in [0, 0.1) is 11.8 Å². The summed E-state index contributed by atoms with van der Waals surface area (Å²) in [6.07, 6.45) is 0. The van der Waals surface area contributed by atoms with E-state index in [0.29, 0.717) is 11.4 Å². The van der Waals surface area contributed by atoms with Gasteiger partial charge in [0, 0.05) is 11.3 Å². The lowest BCUT2D eigenvalue weighted by Gasteiger charge is -2.08. The Morgan fingerprint density at radius 2 is 1.85 bits per heavy atom. The predicted octanol–water partition coefficient (Wildman–Crippen LogP) is 4.17. The molecule has 0 aliphatic heterocycles. The van der Waals surface area contributed by atoms with Crippen LogP contribution in [0.3, 0.4) is 0 Å². The van der Waals surface area contributed by atoms with Crippen molar-refractivity contribution in [3.05, 3.63) is 76.5 Å². The van der Waals surface area contributed by atoms with Gasteiger partial charge in [0.05, 0.1) is 12.0 Å². The van der Waals surface area contributed by atoms with Gasteiger partial charge in [0.1, 0.15) is 11.5 Å². The van der Waals surface area contributed by atoms with Crippen molar-refractivity contribution >= 4 is 22.9 Å². The van der Waals surface area contributed by atoms with E-state index in [2.05, 4.69) is 17.2 Å². The van der Waals surface area contributed by atoms with E-state index >= 15 is 0 Å². The first-order valence-corrected chi connectivity index (χ1v) is 8.83. The van der Waals surface area contributed by atoms with E-state index in [-0.39, 0.29) is 12.5 Å². The molecule has 130 valence electrons. The fourth-order valence-electron chi connectivity index (χ4n) is 2.18. The number of amides is 1. The summed E-state index contributed by atoms with van der Waals surface area (Å²) < 4.78 is 10.6. The Morgan fingerprint density at radius 3 is 2.58 bits per heavy atom. The lowest BCUT2D eigenvalue weighted by molar-refractivity contribution is -0.118. The van der Waals surface area contributed by atoms with Crippen molar-refractivity contribution < 1.29 is 14.3 Å². The minimum atomic E-state index is -0.232. The highest BCUT2D eigenvalue weighted by Gasteiger charge is 2.04. The SMILES string of the molecule is COc1ccc(OCC(=O)Nc2cccc(C#Cc3cccs3)c2)cc1. The maximum Gasteiger partial charge on any atom is 0.262 e. The Labute approximate surface area is 156 Å². The second-order valence-electron chi connectivity index (χ2n) is 5.32. The van der Waals surface area contributed by atoms with Crippen molar-refractivity contribution in [1.29, 1.82) is 0 Å². The summed E-state index contributed by atoms with van der Waals surface area (Å²) in [5.74, 6) is 7.31. The molecule has 0 saturated heterocycles. The predicted molar refractivity (Wildman–Crippen MR) is 104 cm³/mol. The molecule has 4 nitrogen and oxygen atoms in total. The molecule has 0 radical (unpaired) electrons. The molecule has 0 bridgehead atoms. The molecule has 3 rings (SSSR count). The van der Waals surface area contributed by atoms with E-state index in [1.807, 2.05) is 41.8 Å². The van der Waals surface area contributed by atoms with Crippen LogP contribution < -0.4 is 14.8 Å². The minimum Gasteiger partial charge on any atom is -0.497 e. The normalized spacial score (nSPS) is 9.73. The molecule has 1 amide bonds. The van der Waals surface area contributed by atoms with Crippen molar-refractivity contribution in [2.75, 3.05) is 19.0 Å². The average molecular weight is 363 g/mol. The van der Waals surface area contributed by atoms with E-state index in [0.717, 1.165) is 16.2 Å². The molecule has 0 atom stereocenters. The smallest absolute Gasteiger partial charge is 0.262 e. The summed E-state index contributed by atoms with van der Waals surface area (Å²) in [5.41, 5.74) is 1.53. The zero-order valence-electron chi connectivity index (χ0n) is 14.2. The molecule has 1 heterocycles. The molecular weight excluding hydrogens is 346 g/mol. The molecular formula is C21H17NO3S. The molecule has 2 aromatic carbocycles. The molecule has 3 aromatic rings. The standard InChI is InChI=1S/C21H17NO3S/c1-24-18-8-10-19(11-9-18)25-15-21(23)22-17-5-2-4-16(14-17)7-12-20-6-3-13-26-20/h2-6,8-11,13-14H,15H2,1H3,(H,22,23). The molecule has 0 fully saturated rings. The van der Waals surface area contributed by atoms with Gasteiger partial charge >= 0.3 is 0 Å². The second kappa shape index (κ2) is 8.75. The Kier molecular flexibility index (Phi) is 5.92. The Hall–Kier alpha value is -3.23. The quantitative estimate of drug-likeness (QED) is 0.692. The van der Waals surface area contributed by atoms with Crippen LogP contribution >= 0.6 is 11.3 Å². The fraction of sp³-hybridized carbons (Fsp3) is 0.0952. The van der Waals surface area contributed by atoms with Crippen LogP contribution in [-0.4, -0.2) is 19.6 Å². The number of ether oxygens (including phenoxy) is 2. The molecule has 0 aliphatic rings. The van der Waals surface area contributed by atoms with Crippen LogP contribution in [0.25, 0.3) is 0 Å².